The average molecular weight is 408 g/mol. The van der Waals surface area contributed by atoms with Crippen LogP contribution in [0.25, 0.3) is 0 Å². The van der Waals surface area contributed by atoms with Gasteiger partial charge in [0.1, 0.15) is 24.2 Å². The molecule has 0 aliphatic carbocycles. The molecular weight excluding hydrogens is 390 g/mol. The number of sulfonamides is 1. The molecule has 2 N–H and O–H groups in total. The minimum atomic E-state index is -3.62. The van der Waals surface area contributed by atoms with Crippen LogP contribution >= 0.6 is 11.6 Å². The standard InChI is InChI=1S/C18H18ClN3O4S/c1-12(18(23)20-10-11-26-14-8-6-13(19)7-9-14)21-17-15-4-2-3-5-16(15)27(24,25)22-17/h2-9,12H,10-11H2,1H3,(H,20,23)(H,21,22)/t12-/m0/s1. The van der Waals surface area contributed by atoms with Crippen molar-refractivity contribution in [2.24, 2.45) is 4.99 Å². The van der Waals surface area contributed by atoms with Crippen molar-refractivity contribution in [3.8, 4) is 5.75 Å². The van der Waals surface area contributed by atoms with E-state index in [1.807, 2.05) is 0 Å². The molecule has 1 aliphatic heterocycles. The molecule has 3 rings (SSSR count). The number of benzene rings is 2. The van der Waals surface area contributed by atoms with Gasteiger partial charge in [0.25, 0.3) is 10.0 Å². The van der Waals surface area contributed by atoms with E-state index < -0.39 is 16.1 Å². The molecular formula is C18H18ClN3O4S. The predicted octanol–water partition coefficient (Wildman–Crippen LogP) is 1.96. The molecule has 0 radical (unpaired) electrons. The summed E-state index contributed by atoms with van der Waals surface area (Å²) in [4.78, 5) is 16.6. The van der Waals surface area contributed by atoms with Gasteiger partial charge in [0, 0.05) is 10.6 Å². The zero-order valence-corrected chi connectivity index (χ0v) is 16.0. The van der Waals surface area contributed by atoms with Crippen LogP contribution in [0.2, 0.25) is 5.02 Å². The predicted molar refractivity (Wildman–Crippen MR) is 103 cm³/mol. The fourth-order valence-corrected chi connectivity index (χ4v) is 3.87. The summed E-state index contributed by atoms with van der Waals surface area (Å²) in [6.07, 6.45) is 0. The summed E-state index contributed by atoms with van der Waals surface area (Å²) < 4.78 is 32.0. The third-order valence-electron chi connectivity index (χ3n) is 3.85. The van der Waals surface area contributed by atoms with Crippen molar-refractivity contribution in [2.75, 3.05) is 13.2 Å². The van der Waals surface area contributed by atoms with E-state index in [0.29, 0.717) is 22.9 Å². The van der Waals surface area contributed by atoms with E-state index in [1.54, 1.807) is 49.4 Å². The summed E-state index contributed by atoms with van der Waals surface area (Å²) in [7, 11) is -3.62. The minimum Gasteiger partial charge on any atom is -0.492 e. The van der Waals surface area contributed by atoms with Gasteiger partial charge in [-0.1, -0.05) is 23.7 Å². The van der Waals surface area contributed by atoms with Gasteiger partial charge in [-0.2, -0.15) is 0 Å². The van der Waals surface area contributed by atoms with Crippen molar-refractivity contribution in [1.29, 1.82) is 0 Å². The topological polar surface area (TPSA) is 96.9 Å². The molecule has 0 unspecified atom stereocenters. The van der Waals surface area contributed by atoms with Crippen LogP contribution in [0.3, 0.4) is 0 Å². The van der Waals surface area contributed by atoms with Gasteiger partial charge in [-0.3, -0.25) is 14.5 Å². The zero-order chi connectivity index (χ0) is 19.4. The Kier molecular flexibility index (Phi) is 5.67. The summed E-state index contributed by atoms with van der Waals surface area (Å²) in [6.45, 7) is 2.17. The first-order valence-electron chi connectivity index (χ1n) is 8.23. The SMILES string of the molecule is C[C@H](N=C1NS(=O)(=O)c2ccccc21)C(=O)NCCOc1ccc(Cl)cc1. The van der Waals surface area contributed by atoms with Gasteiger partial charge in [0.05, 0.1) is 11.4 Å². The summed E-state index contributed by atoms with van der Waals surface area (Å²) >= 11 is 5.80. The number of fused-ring (bicyclic) bond motifs is 1. The minimum absolute atomic E-state index is 0.160. The summed E-state index contributed by atoms with van der Waals surface area (Å²) in [6, 6.07) is 12.7. The van der Waals surface area contributed by atoms with Gasteiger partial charge in [0.2, 0.25) is 5.91 Å². The highest BCUT2D eigenvalue weighted by Gasteiger charge is 2.31. The Bertz CT molecular complexity index is 974. The zero-order valence-electron chi connectivity index (χ0n) is 14.5. The molecule has 9 heteroatoms. The second-order valence-electron chi connectivity index (χ2n) is 5.85. The fourth-order valence-electron chi connectivity index (χ4n) is 2.50. The van der Waals surface area contributed by atoms with Crippen LogP contribution in [0, 0.1) is 0 Å². The van der Waals surface area contributed by atoms with Gasteiger partial charge in [-0.05, 0) is 43.3 Å². The van der Waals surface area contributed by atoms with E-state index in [4.69, 9.17) is 16.3 Å². The number of amidine groups is 1. The van der Waals surface area contributed by atoms with Gasteiger partial charge in [-0.25, -0.2) is 8.42 Å². The number of ether oxygens (including phenoxy) is 1. The Morgan fingerprint density at radius 2 is 1.93 bits per heavy atom. The van der Waals surface area contributed by atoms with Crippen LogP contribution in [0.4, 0.5) is 0 Å². The van der Waals surface area contributed by atoms with Crippen molar-refractivity contribution in [1.82, 2.24) is 10.0 Å². The van der Waals surface area contributed by atoms with Crippen LogP contribution < -0.4 is 14.8 Å². The van der Waals surface area contributed by atoms with Crippen LogP contribution in [-0.4, -0.2) is 39.4 Å². The van der Waals surface area contributed by atoms with Crippen molar-refractivity contribution in [3.05, 3.63) is 59.1 Å². The Morgan fingerprint density at radius 1 is 1.22 bits per heavy atom. The van der Waals surface area contributed by atoms with Crippen molar-refractivity contribution >= 4 is 33.4 Å². The number of hydrogen-bond acceptors (Lipinski definition) is 5. The number of hydrogen-bond donors (Lipinski definition) is 2. The van der Waals surface area contributed by atoms with Crippen LogP contribution in [-0.2, 0) is 14.8 Å². The maximum absolute atomic E-state index is 12.2. The first-order valence-corrected chi connectivity index (χ1v) is 10.1. The highest BCUT2D eigenvalue weighted by Crippen LogP contribution is 2.22. The quantitative estimate of drug-likeness (QED) is 0.715. The Morgan fingerprint density at radius 3 is 2.67 bits per heavy atom. The van der Waals surface area contributed by atoms with Gasteiger partial charge < -0.3 is 10.1 Å². The monoisotopic (exact) mass is 407 g/mol. The second-order valence-corrected chi connectivity index (χ2v) is 7.94. The lowest BCUT2D eigenvalue weighted by Crippen LogP contribution is -2.36. The molecule has 1 heterocycles. The molecule has 2 aromatic carbocycles. The molecule has 0 aromatic heterocycles. The van der Waals surface area contributed by atoms with Crippen molar-refractivity contribution < 1.29 is 17.9 Å². The van der Waals surface area contributed by atoms with E-state index in [1.165, 1.54) is 6.07 Å². The lowest BCUT2D eigenvalue weighted by Gasteiger charge is -2.11. The average Bonchev–Trinajstić information content (AvgIpc) is 2.90. The molecule has 0 saturated carbocycles. The molecule has 1 atom stereocenters. The molecule has 2 aromatic rings. The first-order chi connectivity index (χ1) is 12.9. The molecule has 0 spiro atoms. The van der Waals surface area contributed by atoms with Crippen LogP contribution in [0.15, 0.2) is 58.4 Å². The second kappa shape index (κ2) is 7.98. The number of halogens is 1. The molecule has 0 saturated heterocycles. The molecule has 142 valence electrons. The number of carbonyl (C=O) groups is 1. The summed E-state index contributed by atoms with van der Waals surface area (Å²) in [5.41, 5.74) is 0.461. The first kappa shape index (κ1) is 19.2. The number of nitrogens with zero attached hydrogens (tertiary/aromatic N) is 1. The Balaban J connectivity index is 1.55. The normalized spacial score (nSPS) is 17.0. The van der Waals surface area contributed by atoms with Crippen molar-refractivity contribution in [2.45, 2.75) is 17.9 Å². The van der Waals surface area contributed by atoms with Crippen LogP contribution in [0.5, 0.6) is 5.75 Å². The largest absolute Gasteiger partial charge is 0.492 e. The Labute approximate surface area is 162 Å². The van der Waals surface area contributed by atoms with Gasteiger partial charge >= 0.3 is 0 Å². The van der Waals surface area contributed by atoms with Gasteiger partial charge in [0.15, 0.2) is 0 Å². The van der Waals surface area contributed by atoms with E-state index in [0.717, 1.165) is 0 Å². The van der Waals surface area contributed by atoms with Gasteiger partial charge in [-0.15, -0.1) is 0 Å². The fraction of sp³-hybridized carbons (Fsp3) is 0.222. The molecule has 1 aliphatic rings. The molecule has 0 bridgehead atoms. The number of carbonyl (C=O) groups excluding carboxylic acids is 1. The summed E-state index contributed by atoms with van der Waals surface area (Å²) in [5.74, 6) is 0.496. The maximum Gasteiger partial charge on any atom is 0.263 e. The lowest BCUT2D eigenvalue weighted by molar-refractivity contribution is -0.122. The maximum atomic E-state index is 12.2. The number of amides is 1. The molecule has 0 fully saturated rings. The van der Waals surface area contributed by atoms with E-state index in [-0.39, 0.29) is 23.2 Å². The summed E-state index contributed by atoms with van der Waals surface area (Å²) in [5, 5.41) is 3.33. The Hall–Kier alpha value is -2.58. The highest BCUT2D eigenvalue weighted by molar-refractivity contribution is 7.90. The lowest BCUT2D eigenvalue weighted by atomic mass is 10.2. The van der Waals surface area contributed by atoms with Crippen molar-refractivity contribution in [3.63, 3.8) is 0 Å². The molecule has 7 nitrogen and oxygen atoms in total. The van der Waals surface area contributed by atoms with E-state index in [9.17, 15) is 13.2 Å². The number of nitrogens with one attached hydrogen (secondary N) is 2. The third-order valence-corrected chi connectivity index (χ3v) is 5.50. The van der Waals surface area contributed by atoms with E-state index in [2.05, 4.69) is 15.0 Å². The molecule has 1 amide bonds. The molecule has 27 heavy (non-hydrogen) atoms. The highest BCUT2D eigenvalue weighted by atomic mass is 35.5. The third kappa shape index (κ3) is 4.58. The number of rotatable bonds is 6. The number of aliphatic imine (C=N–C) groups is 1. The smallest absolute Gasteiger partial charge is 0.263 e. The van der Waals surface area contributed by atoms with Crippen LogP contribution in [0.1, 0.15) is 12.5 Å². The van der Waals surface area contributed by atoms with E-state index >= 15 is 0 Å².